The molecular weight excluding hydrogens is 903 g/mol. The number of fused-ring (bicyclic) bond motifs is 1. The Balaban J connectivity index is 1.41. The Morgan fingerprint density at radius 3 is 1.14 bits per heavy atom. The van der Waals surface area contributed by atoms with Crippen molar-refractivity contribution in [1.29, 1.82) is 0 Å². The third kappa shape index (κ3) is 22.8. The highest BCUT2D eigenvalue weighted by Gasteiger charge is 2.13. The third-order valence-corrected chi connectivity index (χ3v) is 8.13. The van der Waals surface area contributed by atoms with Gasteiger partial charge in [0.15, 0.2) is 0 Å². The Labute approximate surface area is 434 Å². The topological polar surface area (TPSA) is 53.7 Å². The summed E-state index contributed by atoms with van der Waals surface area (Å²) in [5, 5.41) is 2.03. The number of benzene rings is 4. The molecule has 0 radical (unpaired) electrons. The second kappa shape index (κ2) is 34.2. The van der Waals surface area contributed by atoms with Gasteiger partial charge < -0.3 is 19.9 Å². The lowest BCUT2D eigenvalue weighted by molar-refractivity contribution is 0.305. The lowest BCUT2D eigenvalue weighted by Crippen LogP contribution is -2.13. The summed E-state index contributed by atoms with van der Waals surface area (Å²) < 4.78 is 17.5. The van der Waals surface area contributed by atoms with E-state index >= 15 is 0 Å². The first-order valence-electron chi connectivity index (χ1n) is 20.8. The monoisotopic (exact) mass is 927 g/mol. The largest absolute Gasteiger partial charge is 0.489 e. The van der Waals surface area contributed by atoms with E-state index in [1.54, 1.807) is 18.2 Å². The summed E-state index contributed by atoms with van der Waals surface area (Å²) in [5.41, 5.74) is 11.9. The van der Waals surface area contributed by atoms with Gasteiger partial charge in [-0.25, -0.2) is 0 Å². The molecule has 74 heavy (non-hydrogen) atoms. The van der Waals surface area contributed by atoms with Crippen molar-refractivity contribution in [3.8, 4) is 279 Å². The summed E-state index contributed by atoms with van der Waals surface area (Å²) >= 11 is 0. The second-order valence-corrected chi connectivity index (χ2v) is 13.2. The van der Waals surface area contributed by atoms with Crippen LogP contribution in [0.2, 0.25) is 0 Å². The lowest BCUT2D eigenvalue weighted by atomic mass is 9.93. The summed E-state index contributed by atoms with van der Waals surface area (Å²) in [6.45, 7) is 4.31. The van der Waals surface area contributed by atoms with E-state index in [2.05, 4.69) is 287 Å². The maximum absolute atomic E-state index is 6.71. The Bertz CT molecular complexity index is 4180. The zero-order valence-electron chi connectivity index (χ0n) is 39.2. The Hall–Kier alpha value is -13.2. The summed E-state index contributed by atoms with van der Waals surface area (Å²) in [7, 11) is 0. The van der Waals surface area contributed by atoms with Gasteiger partial charge in [0.25, 0.3) is 0 Å². The lowest BCUT2D eigenvalue weighted by Gasteiger charge is -2.17. The first-order valence-corrected chi connectivity index (χ1v) is 20.8. The smallest absolute Gasteiger partial charge is 0.144 e. The van der Waals surface area contributed by atoms with Crippen molar-refractivity contribution in [2.24, 2.45) is 5.73 Å². The molecule has 0 fully saturated rings. The molecule has 4 rings (SSSR count). The van der Waals surface area contributed by atoms with Gasteiger partial charge in [-0.15, -0.1) is 12.8 Å². The molecule has 1 atom stereocenters. The number of aryl methyl sites for hydroxylation is 2. The minimum absolute atomic E-state index is 0.159. The van der Waals surface area contributed by atoms with Crippen molar-refractivity contribution in [2.45, 2.75) is 26.5 Å². The molecule has 0 aliphatic rings. The van der Waals surface area contributed by atoms with Gasteiger partial charge in [0, 0.05) is 148 Å². The van der Waals surface area contributed by atoms with Crippen LogP contribution in [0.25, 0.3) is 10.8 Å². The van der Waals surface area contributed by atoms with Crippen LogP contribution in [0.1, 0.15) is 33.9 Å². The van der Waals surface area contributed by atoms with Gasteiger partial charge in [-0.2, -0.15) is 0 Å². The first-order chi connectivity index (χ1) is 36.5. The van der Waals surface area contributed by atoms with Crippen molar-refractivity contribution in [1.82, 2.24) is 0 Å². The van der Waals surface area contributed by atoms with Crippen LogP contribution in [0.5, 0.6) is 17.2 Å². The second-order valence-electron chi connectivity index (χ2n) is 13.2. The Kier molecular flexibility index (Phi) is 24.7. The van der Waals surface area contributed by atoms with Gasteiger partial charge >= 0.3 is 0 Å². The molecule has 4 aromatic rings. The zero-order valence-corrected chi connectivity index (χ0v) is 39.2. The molecule has 0 aromatic heterocycles. The van der Waals surface area contributed by atoms with Gasteiger partial charge in [-0.3, -0.25) is 0 Å². The molecule has 2 N–H and O–H groups in total. The van der Waals surface area contributed by atoms with Crippen molar-refractivity contribution < 1.29 is 14.2 Å². The highest BCUT2D eigenvalue weighted by Crippen LogP contribution is 2.29. The zero-order chi connectivity index (χ0) is 52.4. The van der Waals surface area contributed by atoms with Gasteiger partial charge in [0.2, 0.25) is 0 Å². The minimum atomic E-state index is -0.256. The molecule has 4 heteroatoms. The van der Waals surface area contributed by atoms with Crippen LogP contribution < -0.4 is 19.9 Å². The van der Waals surface area contributed by atoms with E-state index in [0.29, 0.717) is 22.8 Å². The fraction of sp³-hybridized carbons (Fsp3) is 0.0571. The molecule has 328 valence electrons. The summed E-state index contributed by atoms with van der Waals surface area (Å²) in [6.07, 6.45) is 15.1. The van der Waals surface area contributed by atoms with Crippen LogP contribution in [0.4, 0.5) is 0 Å². The van der Waals surface area contributed by atoms with Gasteiger partial charge in [0.05, 0.1) is 6.04 Å². The van der Waals surface area contributed by atoms with Gasteiger partial charge in [0.1, 0.15) is 36.1 Å². The number of hydrogen-bond acceptors (Lipinski definition) is 4. The third-order valence-electron chi connectivity index (χ3n) is 8.13. The van der Waals surface area contributed by atoms with E-state index in [9.17, 15) is 0 Å². The van der Waals surface area contributed by atoms with Crippen molar-refractivity contribution in [2.75, 3.05) is 0 Å². The average Bonchev–Trinajstić information content (AvgIpc) is 3.40. The van der Waals surface area contributed by atoms with Crippen LogP contribution >= 0.6 is 0 Å². The standard InChI is InChI=1S/C70H25NO3/c1-5-7-9-11-13-15-17-19-21-23-25-27-29-31-33-35-37-39-41-43-51-72-67-54-62(59-74-66-49-48-63-56-65(47-46-64(63)57-66)70(71)69-50-45-60(3)53-61(69)4)55-68(58-67)73-52-44-42-40-38-36-34-32-30-28-26-24-22-20-18-16-14-12-10-8-6-2/h1-2,45-50,53-58,70H,59,71H2,3-4H3. The number of nitrogens with two attached hydrogens (primary N) is 1. The predicted molar refractivity (Wildman–Crippen MR) is 291 cm³/mol. The van der Waals surface area contributed by atoms with E-state index < -0.39 is 0 Å². The molecule has 0 heterocycles. The van der Waals surface area contributed by atoms with E-state index in [1.165, 1.54) is 5.56 Å². The molecule has 0 aliphatic heterocycles. The summed E-state index contributed by atoms with van der Waals surface area (Å²) in [4.78, 5) is 0. The molecule has 0 bridgehead atoms. The maximum atomic E-state index is 6.71. The Morgan fingerprint density at radius 1 is 0.378 bits per heavy atom. The molecule has 0 spiro atoms. The molecule has 0 saturated heterocycles. The van der Waals surface area contributed by atoms with Crippen LogP contribution in [0, 0.1) is 276 Å². The van der Waals surface area contributed by atoms with Gasteiger partial charge in [-0.1, -0.05) is 42.0 Å². The van der Waals surface area contributed by atoms with E-state index in [-0.39, 0.29) is 12.6 Å². The summed E-state index contributed by atoms with van der Waals surface area (Å²) in [5.74, 6) is 101. The summed E-state index contributed by atoms with van der Waals surface area (Å²) in [6, 6.07) is 23.2. The fourth-order valence-electron chi connectivity index (χ4n) is 5.23. The molecule has 4 aromatic carbocycles. The van der Waals surface area contributed by atoms with Crippen LogP contribution in [0.3, 0.4) is 0 Å². The highest BCUT2D eigenvalue weighted by atomic mass is 16.5. The van der Waals surface area contributed by atoms with Crippen LogP contribution in [-0.4, -0.2) is 0 Å². The molecule has 4 nitrogen and oxygen atoms in total. The van der Waals surface area contributed by atoms with Gasteiger partial charge in [-0.05, 0) is 172 Å². The fourth-order valence-corrected chi connectivity index (χ4v) is 5.23. The van der Waals surface area contributed by atoms with Crippen LogP contribution in [0.15, 0.2) is 72.8 Å². The van der Waals surface area contributed by atoms with Crippen molar-refractivity contribution in [3.63, 3.8) is 0 Å². The maximum Gasteiger partial charge on any atom is 0.144 e. The van der Waals surface area contributed by atoms with Crippen LogP contribution in [-0.2, 0) is 6.61 Å². The number of terminal acetylenes is 2. The highest BCUT2D eigenvalue weighted by molar-refractivity contribution is 5.85. The Morgan fingerprint density at radius 2 is 0.743 bits per heavy atom. The average molecular weight is 928 g/mol. The quantitative estimate of drug-likeness (QED) is 0.229. The molecule has 0 aliphatic carbocycles. The number of hydrogen-bond donors (Lipinski definition) is 1. The molecular formula is C70H25NO3. The van der Waals surface area contributed by atoms with Crippen molar-refractivity contribution >= 4 is 10.8 Å². The molecule has 1 unspecified atom stereocenters. The molecule has 0 amide bonds. The van der Waals surface area contributed by atoms with E-state index in [0.717, 1.165) is 27.5 Å². The SMILES string of the molecule is C#CC#CC#CC#CC#CC#CC#CC#CC#CC#CC#COc1cc(COc2ccc3cc(C(N)c4ccc(C)cc4C)ccc3c2)cc(OC#CC#CC#CC#CC#CC#CC#CC#CC#CC#CC#C)c1. The molecule has 0 saturated carbocycles. The van der Waals surface area contributed by atoms with E-state index in [1.807, 2.05) is 30.3 Å². The first kappa shape index (κ1) is 53.4. The predicted octanol–water partition coefficient (Wildman–Crippen LogP) is 6.09. The number of rotatable bonds is 7. The minimum Gasteiger partial charge on any atom is -0.489 e. The normalized spacial score (nSPS) is 7.36. The van der Waals surface area contributed by atoms with E-state index in [4.69, 9.17) is 32.8 Å². The number of ether oxygens (including phenoxy) is 3. The van der Waals surface area contributed by atoms with Crippen molar-refractivity contribution in [3.05, 3.63) is 101 Å².